The summed E-state index contributed by atoms with van der Waals surface area (Å²) in [5.74, 6) is 0.879. The molecule has 0 aliphatic rings. The lowest BCUT2D eigenvalue weighted by Crippen LogP contribution is -2.29. The molecule has 0 atom stereocenters. The van der Waals surface area contributed by atoms with E-state index >= 15 is 0 Å². The topological polar surface area (TPSA) is 68.0 Å². The van der Waals surface area contributed by atoms with Crippen molar-refractivity contribution in [3.63, 3.8) is 0 Å². The molecule has 23 heavy (non-hydrogen) atoms. The molecule has 0 fully saturated rings. The first-order valence-corrected chi connectivity index (χ1v) is 7.44. The Bertz CT molecular complexity index is 793. The molecule has 0 radical (unpaired) electrons. The predicted molar refractivity (Wildman–Crippen MR) is 87.8 cm³/mol. The molecule has 3 aromatic rings. The number of aromatic nitrogens is 2. The molecule has 0 aliphatic heterocycles. The molecular weight excluding hydrogens is 290 g/mol. The van der Waals surface area contributed by atoms with Crippen molar-refractivity contribution < 1.29 is 9.32 Å². The Hall–Kier alpha value is -2.95. The smallest absolute Gasteiger partial charge is 0.258 e. The molecule has 5 nitrogen and oxygen atoms in total. The fourth-order valence-corrected chi connectivity index (χ4v) is 2.15. The minimum absolute atomic E-state index is 0.0953. The molecule has 0 spiro atoms. The third-order valence-electron chi connectivity index (χ3n) is 3.27. The molecule has 1 aromatic heterocycles. The van der Waals surface area contributed by atoms with Crippen LogP contribution in [-0.4, -0.2) is 22.1 Å². The van der Waals surface area contributed by atoms with Crippen molar-refractivity contribution >= 4 is 5.91 Å². The zero-order valence-electron chi connectivity index (χ0n) is 13.0. The van der Waals surface area contributed by atoms with Gasteiger partial charge >= 0.3 is 0 Å². The largest absolute Gasteiger partial charge is 0.350 e. The van der Waals surface area contributed by atoms with Crippen LogP contribution in [0, 0.1) is 0 Å². The van der Waals surface area contributed by atoms with Gasteiger partial charge < -0.3 is 9.84 Å². The van der Waals surface area contributed by atoms with Gasteiger partial charge in [-0.05, 0) is 38.1 Å². The standard InChI is InChI=1S/C18H17N3O2/c1-12(2)19-17(22)14-8-10-15(11-9-14)18-20-16(21-23-18)13-6-4-3-5-7-13/h3-12H,1-2H3,(H,19,22). The third kappa shape index (κ3) is 3.45. The van der Waals surface area contributed by atoms with E-state index in [2.05, 4.69) is 15.5 Å². The molecule has 0 aliphatic carbocycles. The van der Waals surface area contributed by atoms with Crippen molar-refractivity contribution in [2.24, 2.45) is 0 Å². The van der Waals surface area contributed by atoms with Gasteiger partial charge in [0.2, 0.25) is 5.82 Å². The van der Waals surface area contributed by atoms with Crippen LogP contribution in [0.1, 0.15) is 24.2 Å². The minimum Gasteiger partial charge on any atom is -0.350 e. The van der Waals surface area contributed by atoms with Crippen LogP contribution in [0.4, 0.5) is 0 Å². The van der Waals surface area contributed by atoms with Crippen molar-refractivity contribution in [3.05, 3.63) is 60.2 Å². The number of hydrogen-bond donors (Lipinski definition) is 1. The molecule has 0 bridgehead atoms. The van der Waals surface area contributed by atoms with E-state index in [9.17, 15) is 4.79 Å². The molecule has 1 amide bonds. The summed E-state index contributed by atoms with van der Waals surface area (Å²) >= 11 is 0. The number of amides is 1. The van der Waals surface area contributed by atoms with Crippen molar-refractivity contribution in [2.75, 3.05) is 0 Å². The average Bonchev–Trinajstić information content (AvgIpc) is 3.05. The maximum absolute atomic E-state index is 11.9. The van der Waals surface area contributed by atoms with Gasteiger partial charge in [-0.3, -0.25) is 4.79 Å². The Morgan fingerprint density at radius 1 is 1.00 bits per heavy atom. The van der Waals surface area contributed by atoms with Gasteiger partial charge in [-0.15, -0.1) is 0 Å². The first-order chi connectivity index (χ1) is 11.1. The van der Waals surface area contributed by atoms with E-state index in [4.69, 9.17) is 4.52 Å². The van der Waals surface area contributed by atoms with Crippen molar-refractivity contribution in [1.29, 1.82) is 0 Å². The van der Waals surface area contributed by atoms with Gasteiger partial charge in [0.05, 0.1) is 0 Å². The second kappa shape index (κ2) is 6.44. The highest BCUT2D eigenvalue weighted by molar-refractivity contribution is 5.94. The van der Waals surface area contributed by atoms with Crippen LogP contribution in [-0.2, 0) is 0 Å². The fraction of sp³-hybridized carbons (Fsp3) is 0.167. The normalized spacial score (nSPS) is 10.7. The number of rotatable bonds is 4. The Labute approximate surface area is 134 Å². The molecule has 1 heterocycles. The molecule has 116 valence electrons. The van der Waals surface area contributed by atoms with Gasteiger partial charge in [-0.1, -0.05) is 35.5 Å². The van der Waals surface area contributed by atoms with Crippen LogP contribution in [0.5, 0.6) is 0 Å². The lowest BCUT2D eigenvalue weighted by atomic mass is 10.1. The molecule has 0 saturated heterocycles. The number of carbonyl (C=O) groups is 1. The summed E-state index contributed by atoms with van der Waals surface area (Å²) in [5.41, 5.74) is 2.28. The number of benzene rings is 2. The maximum Gasteiger partial charge on any atom is 0.258 e. The molecule has 3 rings (SSSR count). The molecule has 2 aromatic carbocycles. The monoisotopic (exact) mass is 307 g/mol. The van der Waals surface area contributed by atoms with Crippen LogP contribution < -0.4 is 5.32 Å². The van der Waals surface area contributed by atoms with Crippen molar-refractivity contribution in [1.82, 2.24) is 15.5 Å². The summed E-state index contributed by atoms with van der Waals surface area (Å²) in [5, 5.41) is 6.85. The lowest BCUT2D eigenvalue weighted by Gasteiger charge is -2.08. The van der Waals surface area contributed by atoms with Gasteiger partial charge in [0.1, 0.15) is 0 Å². The van der Waals surface area contributed by atoms with E-state index in [-0.39, 0.29) is 11.9 Å². The van der Waals surface area contributed by atoms with Gasteiger partial charge in [-0.25, -0.2) is 0 Å². The van der Waals surface area contributed by atoms with Crippen LogP contribution >= 0.6 is 0 Å². The Morgan fingerprint density at radius 2 is 1.70 bits per heavy atom. The fourth-order valence-electron chi connectivity index (χ4n) is 2.15. The number of hydrogen-bond acceptors (Lipinski definition) is 4. The first-order valence-electron chi connectivity index (χ1n) is 7.44. The molecule has 0 saturated carbocycles. The van der Waals surface area contributed by atoms with E-state index < -0.39 is 0 Å². The average molecular weight is 307 g/mol. The van der Waals surface area contributed by atoms with E-state index in [0.29, 0.717) is 17.3 Å². The van der Waals surface area contributed by atoms with E-state index in [1.807, 2.05) is 44.2 Å². The molecular formula is C18H17N3O2. The van der Waals surface area contributed by atoms with E-state index in [1.54, 1.807) is 24.3 Å². The Morgan fingerprint density at radius 3 is 2.35 bits per heavy atom. The summed E-state index contributed by atoms with van der Waals surface area (Å²) in [6.07, 6.45) is 0. The second-order valence-corrected chi connectivity index (χ2v) is 5.49. The lowest BCUT2D eigenvalue weighted by molar-refractivity contribution is 0.0943. The number of nitrogens with zero attached hydrogens (tertiary/aromatic N) is 2. The SMILES string of the molecule is CC(C)NC(=O)c1ccc(-c2nc(-c3ccccc3)no2)cc1. The first kappa shape index (κ1) is 15.0. The Kier molecular flexibility index (Phi) is 4.19. The summed E-state index contributed by atoms with van der Waals surface area (Å²) in [7, 11) is 0. The molecule has 1 N–H and O–H groups in total. The molecule has 0 unspecified atom stereocenters. The van der Waals surface area contributed by atoms with Crippen LogP contribution in [0.3, 0.4) is 0 Å². The minimum atomic E-state index is -0.0953. The maximum atomic E-state index is 11.9. The quantitative estimate of drug-likeness (QED) is 0.800. The van der Waals surface area contributed by atoms with E-state index in [1.165, 1.54) is 0 Å². The van der Waals surface area contributed by atoms with Crippen LogP contribution in [0.15, 0.2) is 59.1 Å². The second-order valence-electron chi connectivity index (χ2n) is 5.49. The summed E-state index contributed by atoms with van der Waals surface area (Å²) in [4.78, 5) is 16.3. The Balaban J connectivity index is 1.80. The summed E-state index contributed by atoms with van der Waals surface area (Å²) in [6.45, 7) is 3.85. The van der Waals surface area contributed by atoms with Gasteiger partial charge in [0.15, 0.2) is 0 Å². The van der Waals surface area contributed by atoms with Crippen molar-refractivity contribution in [2.45, 2.75) is 19.9 Å². The number of carbonyl (C=O) groups excluding carboxylic acids is 1. The number of nitrogens with one attached hydrogen (secondary N) is 1. The molecule has 5 heteroatoms. The third-order valence-corrected chi connectivity index (χ3v) is 3.27. The zero-order chi connectivity index (χ0) is 16.2. The van der Waals surface area contributed by atoms with Crippen LogP contribution in [0.25, 0.3) is 22.8 Å². The predicted octanol–water partition coefficient (Wildman–Crippen LogP) is 3.54. The van der Waals surface area contributed by atoms with Crippen molar-refractivity contribution in [3.8, 4) is 22.8 Å². The summed E-state index contributed by atoms with van der Waals surface area (Å²) < 4.78 is 5.31. The van der Waals surface area contributed by atoms with E-state index in [0.717, 1.165) is 11.1 Å². The zero-order valence-corrected chi connectivity index (χ0v) is 13.0. The highest BCUT2D eigenvalue weighted by Gasteiger charge is 2.12. The van der Waals surface area contributed by atoms with Gasteiger partial charge in [-0.2, -0.15) is 4.98 Å². The van der Waals surface area contributed by atoms with Crippen LogP contribution in [0.2, 0.25) is 0 Å². The summed E-state index contributed by atoms with van der Waals surface area (Å²) in [6, 6.07) is 16.8. The van der Waals surface area contributed by atoms with Gasteiger partial charge in [0, 0.05) is 22.7 Å². The highest BCUT2D eigenvalue weighted by Crippen LogP contribution is 2.22. The highest BCUT2D eigenvalue weighted by atomic mass is 16.5. The van der Waals surface area contributed by atoms with Gasteiger partial charge in [0.25, 0.3) is 11.8 Å².